The van der Waals surface area contributed by atoms with Gasteiger partial charge in [0.25, 0.3) is 11.8 Å². The van der Waals surface area contributed by atoms with E-state index in [4.69, 9.17) is 5.10 Å². The first kappa shape index (κ1) is 26.9. The van der Waals surface area contributed by atoms with Gasteiger partial charge in [0.2, 0.25) is 0 Å². The van der Waals surface area contributed by atoms with Crippen LogP contribution in [0.4, 0.5) is 5.69 Å². The van der Waals surface area contributed by atoms with Gasteiger partial charge in [-0.05, 0) is 53.1 Å². The number of rotatable bonds is 5. The quantitative estimate of drug-likeness (QED) is 0.262. The minimum Gasteiger partial charge on any atom is -0.357 e. The Kier molecular flexibility index (Phi) is 7.82. The number of H-pyrrole nitrogens is 1. The summed E-state index contributed by atoms with van der Waals surface area (Å²) in [6, 6.07) is 25.9. The third-order valence-corrected chi connectivity index (χ3v) is 7.21. The predicted octanol–water partition coefficient (Wildman–Crippen LogP) is 6.76. The van der Waals surface area contributed by atoms with Gasteiger partial charge in [0.15, 0.2) is 5.69 Å². The molecule has 7 heteroatoms. The highest BCUT2D eigenvalue weighted by atomic mass is 16.2. The van der Waals surface area contributed by atoms with E-state index in [1.165, 1.54) is 5.39 Å². The van der Waals surface area contributed by atoms with Gasteiger partial charge in [0.1, 0.15) is 5.69 Å². The molecule has 0 saturated heterocycles. The summed E-state index contributed by atoms with van der Waals surface area (Å²) in [5.41, 5.74) is 5.61. The average Bonchev–Trinajstić information content (AvgIpc) is 3.63. The Hall–Kier alpha value is -4.65. The number of hydrogen-bond acceptors (Lipinski definition) is 3. The van der Waals surface area contributed by atoms with Crippen LogP contribution in [0.1, 0.15) is 70.1 Å². The Morgan fingerprint density at radius 3 is 2.55 bits per heavy atom. The number of amides is 2. The van der Waals surface area contributed by atoms with Crippen LogP contribution in [0.5, 0.6) is 0 Å². The molecule has 0 fully saturated rings. The zero-order chi connectivity index (χ0) is 28.2. The molecule has 204 valence electrons. The molecule has 1 unspecified atom stereocenters. The summed E-state index contributed by atoms with van der Waals surface area (Å²) < 4.78 is 1.96. The number of benzene rings is 3. The van der Waals surface area contributed by atoms with E-state index < -0.39 is 0 Å². The van der Waals surface area contributed by atoms with Gasteiger partial charge in [0, 0.05) is 35.6 Å². The van der Waals surface area contributed by atoms with Gasteiger partial charge >= 0.3 is 0 Å². The van der Waals surface area contributed by atoms with Crippen molar-refractivity contribution in [2.24, 2.45) is 0 Å². The normalized spacial score (nSPS) is 14.3. The lowest BCUT2D eigenvalue weighted by Crippen LogP contribution is -2.38. The third-order valence-electron chi connectivity index (χ3n) is 7.21. The molecule has 2 amide bonds. The lowest BCUT2D eigenvalue weighted by atomic mass is 9.95. The average molecular weight is 534 g/mol. The Balaban J connectivity index is 0.00000158. The van der Waals surface area contributed by atoms with Crippen LogP contribution in [0.3, 0.4) is 0 Å². The van der Waals surface area contributed by atoms with Crippen LogP contribution in [-0.2, 0) is 13.1 Å². The largest absolute Gasteiger partial charge is 0.357 e. The van der Waals surface area contributed by atoms with Gasteiger partial charge in [0.05, 0.1) is 13.1 Å². The number of carbonyl (C=O) groups is 2. The second kappa shape index (κ2) is 11.6. The Morgan fingerprint density at radius 2 is 1.77 bits per heavy atom. The van der Waals surface area contributed by atoms with E-state index in [-0.39, 0.29) is 17.7 Å². The molecule has 2 aromatic heterocycles. The summed E-state index contributed by atoms with van der Waals surface area (Å²) in [5.74, 6) is -0.357. The summed E-state index contributed by atoms with van der Waals surface area (Å²) in [7, 11) is 0. The fraction of sp³-hybridized carbons (Fsp3) is 0.242. The molecule has 1 aliphatic heterocycles. The number of hydrogen-bond donors (Lipinski definition) is 2. The molecule has 3 aromatic carbocycles. The first-order valence-electron chi connectivity index (χ1n) is 13.8. The molecule has 3 heterocycles. The van der Waals surface area contributed by atoms with Crippen molar-refractivity contribution >= 4 is 28.3 Å². The van der Waals surface area contributed by atoms with E-state index in [9.17, 15) is 9.59 Å². The predicted molar refractivity (Wildman–Crippen MR) is 160 cm³/mol. The second-order valence-corrected chi connectivity index (χ2v) is 10.0. The standard InChI is InChI=1S/C31H29N5O2.C2H6/c1-20-8-5-12-24(16-20)33-30(37)28-26-19-35(31(38)27-14-7-15-32-27)17-21(2)29(26)36(34-28)18-23-11-6-10-22-9-3-4-13-25(22)23;1-2/h3-16,21,32H,17-19H2,1-2H3,(H,33,37);1-2H3. The van der Waals surface area contributed by atoms with Crippen LogP contribution in [0.25, 0.3) is 10.8 Å². The molecule has 0 bridgehead atoms. The maximum Gasteiger partial charge on any atom is 0.276 e. The van der Waals surface area contributed by atoms with Crippen LogP contribution < -0.4 is 5.32 Å². The minimum atomic E-state index is -0.273. The van der Waals surface area contributed by atoms with Crippen molar-refractivity contribution in [3.63, 3.8) is 0 Å². The molecule has 40 heavy (non-hydrogen) atoms. The maximum atomic E-state index is 13.6. The zero-order valence-electron chi connectivity index (χ0n) is 23.4. The SMILES string of the molecule is CC.Cc1cccc(NC(=O)c2nn(Cc3cccc4ccccc34)c3c2CN(C(=O)c2ccc[nH]2)CC3C)c1. The van der Waals surface area contributed by atoms with Crippen molar-refractivity contribution in [1.29, 1.82) is 0 Å². The number of aryl methyl sites for hydroxylation is 1. The molecule has 2 N–H and O–H groups in total. The number of anilines is 1. The van der Waals surface area contributed by atoms with Gasteiger partial charge < -0.3 is 15.2 Å². The van der Waals surface area contributed by atoms with Gasteiger partial charge in [-0.2, -0.15) is 5.10 Å². The highest BCUT2D eigenvalue weighted by Crippen LogP contribution is 2.33. The Morgan fingerprint density at radius 1 is 1.00 bits per heavy atom. The summed E-state index contributed by atoms with van der Waals surface area (Å²) in [6.45, 7) is 9.49. The zero-order valence-corrected chi connectivity index (χ0v) is 23.4. The monoisotopic (exact) mass is 533 g/mol. The van der Waals surface area contributed by atoms with E-state index >= 15 is 0 Å². The van der Waals surface area contributed by atoms with Crippen LogP contribution >= 0.6 is 0 Å². The van der Waals surface area contributed by atoms with E-state index in [1.807, 2.05) is 67.9 Å². The molecule has 0 saturated carbocycles. The molecule has 1 atom stereocenters. The molecule has 0 spiro atoms. The Labute approximate surface area is 234 Å². The first-order chi connectivity index (χ1) is 19.5. The van der Waals surface area contributed by atoms with Crippen molar-refractivity contribution in [2.75, 3.05) is 11.9 Å². The van der Waals surface area contributed by atoms with Gasteiger partial charge in [-0.3, -0.25) is 14.3 Å². The van der Waals surface area contributed by atoms with E-state index in [1.54, 1.807) is 17.2 Å². The lowest BCUT2D eigenvalue weighted by molar-refractivity contribution is 0.0711. The topological polar surface area (TPSA) is 83.0 Å². The number of aromatic nitrogens is 3. The van der Waals surface area contributed by atoms with Crippen LogP contribution in [0, 0.1) is 6.92 Å². The molecule has 0 radical (unpaired) electrons. The molecule has 1 aliphatic rings. The smallest absolute Gasteiger partial charge is 0.276 e. The van der Waals surface area contributed by atoms with Crippen LogP contribution in [-0.4, -0.2) is 38.0 Å². The number of carbonyl (C=O) groups excluding carboxylic acids is 2. The summed E-state index contributed by atoms with van der Waals surface area (Å²) >= 11 is 0. The number of nitrogens with one attached hydrogen (secondary N) is 2. The minimum absolute atomic E-state index is 0.000610. The molecular formula is C33H35N5O2. The van der Waals surface area contributed by atoms with Crippen LogP contribution in [0.15, 0.2) is 85.1 Å². The molecule has 6 rings (SSSR count). The highest BCUT2D eigenvalue weighted by molar-refractivity contribution is 6.04. The van der Waals surface area contributed by atoms with Gasteiger partial charge in [-0.15, -0.1) is 0 Å². The fourth-order valence-electron chi connectivity index (χ4n) is 5.49. The lowest BCUT2D eigenvalue weighted by Gasteiger charge is -2.32. The van der Waals surface area contributed by atoms with Crippen molar-refractivity contribution < 1.29 is 9.59 Å². The van der Waals surface area contributed by atoms with Crippen molar-refractivity contribution in [1.82, 2.24) is 19.7 Å². The summed E-state index contributed by atoms with van der Waals surface area (Å²) in [6.07, 6.45) is 1.75. The first-order valence-corrected chi connectivity index (χ1v) is 13.8. The number of fused-ring (bicyclic) bond motifs is 2. The summed E-state index contributed by atoms with van der Waals surface area (Å²) in [5, 5.41) is 10.2. The molecular weight excluding hydrogens is 498 g/mol. The van der Waals surface area contributed by atoms with Crippen molar-refractivity contribution in [2.45, 2.75) is 46.7 Å². The van der Waals surface area contributed by atoms with Crippen LogP contribution in [0.2, 0.25) is 0 Å². The highest BCUT2D eigenvalue weighted by Gasteiger charge is 2.34. The maximum absolute atomic E-state index is 13.6. The third kappa shape index (κ3) is 5.27. The molecule has 0 aliphatic carbocycles. The van der Waals surface area contributed by atoms with E-state index in [0.29, 0.717) is 31.0 Å². The number of nitrogens with zero attached hydrogens (tertiary/aromatic N) is 3. The molecule has 5 aromatic rings. The van der Waals surface area contributed by atoms with Gasteiger partial charge in [-0.1, -0.05) is 75.4 Å². The van der Waals surface area contributed by atoms with E-state index in [0.717, 1.165) is 33.5 Å². The van der Waals surface area contributed by atoms with Crippen molar-refractivity contribution in [3.05, 3.63) is 119 Å². The summed E-state index contributed by atoms with van der Waals surface area (Å²) in [4.78, 5) is 31.6. The Bertz CT molecular complexity index is 1650. The fourth-order valence-corrected chi connectivity index (χ4v) is 5.49. The number of aromatic amines is 1. The van der Waals surface area contributed by atoms with Gasteiger partial charge in [-0.25, -0.2) is 0 Å². The van der Waals surface area contributed by atoms with E-state index in [2.05, 4.69) is 47.6 Å². The van der Waals surface area contributed by atoms with Crippen molar-refractivity contribution in [3.8, 4) is 0 Å². The molecule has 7 nitrogen and oxygen atoms in total. The second-order valence-electron chi connectivity index (χ2n) is 10.0.